The van der Waals surface area contributed by atoms with Crippen molar-refractivity contribution in [3.8, 4) is 5.69 Å². The number of ketones is 1. The minimum absolute atomic E-state index is 0.0717. The molecule has 4 nitrogen and oxygen atoms in total. The first kappa shape index (κ1) is 15.4. The third-order valence-electron chi connectivity index (χ3n) is 3.33. The lowest BCUT2D eigenvalue weighted by Gasteiger charge is -2.11. The summed E-state index contributed by atoms with van der Waals surface area (Å²) >= 11 is 1.32. The van der Waals surface area contributed by atoms with Crippen LogP contribution in [-0.4, -0.2) is 25.8 Å². The zero-order valence-corrected chi connectivity index (χ0v) is 13.2. The van der Waals surface area contributed by atoms with Crippen molar-refractivity contribution in [1.82, 2.24) is 14.8 Å². The number of carbonyl (C=O) groups is 1. The van der Waals surface area contributed by atoms with E-state index >= 15 is 0 Å². The summed E-state index contributed by atoms with van der Waals surface area (Å²) in [4.78, 5) is 12.4. The van der Waals surface area contributed by atoms with Crippen LogP contribution in [0.25, 0.3) is 5.69 Å². The van der Waals surface area contributed by atoms with E-state index in [9.17, 15) is 9.18 Å². The number of hydrogen-bond donors (Lipinski definition) is 0. The van der Waals surface area contributed by atoms with Gasteiger partial charge in [-0.05, 0) is 43.3 Å². The molecule has 3 rings (SSSR count). The number of rotatable bonds is 5. The molecule has 1 atom stereocenters. The Labute approximate surface area is 137 Å². The van der Waals surface area contributed by atoms with Crippen molar-refractivity contribution in [3.63, 3.8) is 0 Å². The first-order valence-corrected chi connectivity index (χ1v) is 7.95. The molecule has 0 unspecified atom stereocenters. The van der Waals surface area contributed by atoms with Crippen LogP contribution in [0.3, 0.4) is 0 Å². The van der Waals surface area contributed by atoms with E-state index in [0.717, 1.165) is 5.69 Å². The number of benzene rings is 2. The van der Waals surface area contributed by atoms with E-state index < -0.39 is 0 Å². The summed E-state index contributed by atoms with van der Waals surface area (Å²) in [5.41, 5.74) is 1.42. The topological polar surface area (TPSA) is 47.8 Å². The van der Waals surface area contributed by atoms with Gasteiger partial charge in [0, 0.05) is 11.3 Å². The Balaban J connectivity index is 1.79. The molecule has 0 radical (unpaired) electrons. The summed E-state index contributed by atoms with van der Waals surface area (Å²) in [7, 11) is 0. The highest BCUT2D eigenvalue weighted by atomic mass is 32.2. The quantitative estimate of drug-likeness (QED) is 0.529. The molecule has 0 amide bonds. The van der Waals surface area contributed by atoms with E-state index in [1.165, 1.54) is 36.0 Å². The van der Waals surface area contributed by atoms with Crippen molar-refractivity contribution < 1.29 is 9.18 Å². The molecule has 0 saturated carbocycles. The van der Waals surface area contributed by atoms with Gasteiger partial charge in [0.25, 0.3) is 0 Å². The van der Waals surface area contributed by atoms with Gasteiger partial charge in [0.05, 0.1) is 5.25 Å². The molecule has 0 bridgehead atoms. The second-order valence-electron chi connectivity index (χ2n) is 4.95. The fourth-order valence-electron chi connectivity index (χ4n) is 2.13. The van der Waals surface area contributed by atoms with Gasteiger partial charge in [0.1, 0.15) is 12.1 Å². The fraction of sp³-hybridized carbons (Fsp3) is 0.118. The van der Waals surface area contributed by atoms with Crippen LogP contribution >= 0.6 is 11.8 Å². The lowest BCUT2D eigenvalue weighted by atomic mass is 10.1. The van der Waals surface area contributed by atoms with Crippen molar-refractivity contribution in [1.29, 1.82) is 0 Å². The normalized spacial score (nSPS) is 12.1. The van der Waals surface area contributed by atoms with Gasteiger partial charge < -0.3 is 0 Å². The number of hydrogen-bond acceptors (Lipinski definition) is 4. The molecule has 0 N–H and O–H groups in total. The third kappa shape index (κ3) is 3.48. The predicted molar refractivity (Wildman–Crippen MR) is 87.4 cm³/mol. The molecular weight excluding hydrogens is 313 g/mol. The Kier molecular flexibility index (Phi) is 4.52. The van der Waals surface area contributed by atoms with Crippen LogP contribution in [0.1, 0.15) is 17.3 Å². The lowest BCUT2D eigenvalue weighted by Crippen LogP contribution is -2.14. The van der Waals surface area contributed by atoms with Crippen molar-refractivity contribution >= 4 is 17.5 Å². The van der Waals surface area contributed by atoms with E-state index in [1.54, 1.807) is 13.3 Å². The van der Waals surface area contributed by atoms with Crippen LogP contribution in [0.2, 0.25) is 0 Å². The molecule has 6 heteroatoms. The van der Waals surface area contributed by atoms with Crippen LogP contribution < -0.4 is 0 Å². The summed E-state index contributed by atoms with van der Waals surface area (Å²) in [5, 5.41) is 8.30. The predicted octanol–water partition coefficient (Wildman–Crippen LogP) is 3.77. The third-order valence-corrected chi connectivity index (χ3v) is 4.39. The molecule has 0 aliphatic rings. The van der Waals surface area contributed by atoms with E-state index in [0.29, 0.717) is 10.7 Å². The Morgan fingerprint density at radius 1 is 1.13 bits per heavy atom. The highest BCUT2D eigenvalue weighted by Gasteiger charge is 2.19. The Bertz CT molecular complexity index is 802. The molecule has 23 heavy (non-hydrogen) atoms. The number of carbonyl (C=O) groups excluding carboxylic acids is 1. The second-order valence-corrected chi connectivity index (χ2v) is 6.26. The number of aromatic nitrogens is 3. The Morgan fingerprint density at radius 3 is 2.52 bits per heavy atom. The summed E-state index contributed by atoms with van der Waals surface area (Å²) in [6.07, 6.45) is 1.62. The van der Waals surface area contributed by atoms with Gasteiger partial charge in [-0.1, -0.05) is 30.0 Å². The Hall–Kier alpha value is -2.47. The molecule has 0 fully saturated rings. The Morgan fingerprint density at radius 2 is 1.83 bits per heavy atom. The average molecular weight is 327 g/mol. The smallest absolute Gasteiger partial charge is 0.196 e. The molecule has 2 aromatic carbocycles. The zero-order valence-electron chi connectivity index (χ0n) is 12.4. The largest absolute Gasteiger partial charge is 0.293 e. The van der Waals surface area contributed by atoms with Crippen LogP contribution in [-0.2, 0) is 0 Å². The zero-order chi connectivity index (χ0) is 16.2. The minimum Gasteiger partial charge on any atom is -0.293 e. The van der Waals surface area contributed by atoms with E-state index in [4.69, 9.17) is 0 Å². The summed E-state index contributed by atoms with van der Waals surface area (Å²) in [6, 6.07) is 15.2. The van der Waals surface area contributed by atoms with E-state index in [1.807, 2.05) is 34.9 Å². The monoisotopic (exact) mass is 327 g/mol. The SMILES string of the molecule is C[C@@H](Sc1nncn1-c1ccccc1)C(=O)c1ccc(F)cc1. The molecule has 1 heterocycles. The lowest BCUT2D eigenvalue weighted by molar-refractivity contribution is 0.0994. The average Bonchev–Trinajstić information content (AvgIpc) is 3.04. The maximum absolute atomic E-state index is 13.0. The second kappa shape index (κ2) is 6.75. The molecule has 0 spiro atoms. The number of nitrogens with zero attached hydrogens (tertiary/aromatic N) is 3. The van der Waals surface area contributed by atoms with Crippen molar-refractivity contribution in [2.45, 2.75) is 17.3 Å². The maximum Gasteiger partial charge on any atom is 0.196 e. The van der Waals surface area contributed by atoms with Crippen LogP contribution in [0, 0.1) is 5.82 Å². The summed E-state index contributed by atoms with van der Waals surface area (Å²) in [5.74, 6) is -0.428. The number of para-hydroxylation sites is 1. The fourth-order valence-corrected chi connectivity index (χ4v) is 3.05. The first-order chi connectivity index (χ1) is 11.1. The van der Waals surface area contributed by atoms with Crippen molar-refractivity contribution in [3.05, 3.63) is 72.3 Å². The van der Waals surface area contributed by atoms with Crippen LogP contribution in [0.15, 0.2) is 66.1 Å². The van der Waals surface area contributed by atoms with Gasteiger partial charge in [-0.3, -0.25) is 9.36 Å². The van der Waals surface area contributed by atoms with Gasteiger partial charge in [-0.25, -0.2) is 4.39 Å². The molecule has 0 aliphatic heterocycles. The number of thioether (sulfide) groups is 1. The molecule has 0 saturated heterocycles. The van der Waals surface area contributed by atoms with Crippen LogP contribution in [0.5, 0.6) is 0 Å². The van der Waals surface area contributed by atoms with Crippen LogP contribution in [0.4, 0.5) is 4.39 Å². The number of Topliss-reactive ketones (excluding diaryl/α,β-unsaturated/α-hetero) is 1. The maximum atomic E-state index is 13.0. The summed E-state index contributed by atoms with van der Waals surface area (Å²) < 4.78 is 14.8. The molecule has 3 aromatic rings. The van der Waals surface area contributed by atoms with E-state index in [-0.39, 0.29) is 16.9 Å². The highest BCUT2D eigenvalue weighted by Crippen LogP contribution is 2.26. The number of halogens is 1. The van der Waals surface area contributed by atoms with Gasteiger partial charge in [0.2, 0.25) is 0 Å². The van der Waals surface area contributed by atoms with Crippen molar-refractivity contribution in [2.75, 3.05) is 0 Å². The molecule has 0 aliphatic carbocycles. The first-order valence-electron chi connectivity index (χ1n) is 7.07. The van der Waals surface area contributed by atoms with Gasteiger partial charge in [-0.2, -0.15) is 0 Å². The van der Waals surface area contributed by atoms with Gasteiger partial charge >= 0.3 is 0 Å². The summed E-state index contributed by atoms with van der Waals surface area (Å²) in [6.45, 7) is 1.81. The van der Waals surface area contributed by atoms with Gasteiger partial charge in [0.15, 0.2) is 10.9 Å². The van der Waals surface area contributed by atoms with Crippen molar-refractivity contribution in [2.24, 2.45) is 0 Å². The standard InChI is InChI=1S/C17H14FN3OS/c1-12(16(22)13-7-9-14(18)10-8-13)23-17-20-19-11-21(17)15-5-3-2-4-6-15/h2-12H,1H3/t12-/m1/s1. The minimum atomic E-state index is -0.356. The van der Waals surface area contributed by atoms with E-state index in [2.05, 4.69) is 10.2 Å². The highest BCUT2D eigenvalue weighted by molar-refractivity contribution is 8.00. The van der Waals surface area contributed by atoms with Gasteiger partial charge in [-0.15, -0.1) is 10.2 Å². The molecular formula is C17H14FN3OS. The molecule has 1 aromatic heterocycles. The molecule has 116 valence electrons.